The van der Waals surface area contributed by atoms with Gasteiger partial charge in [-0.1, -0.05) is 12.1 Å². The van der Waals surface area contributed by atoms with Crippen LogP contribution in [0.5, 0.6) is 0 Å². The van der Waals surface area contributed by atoms with Crippen molar-refractivity contribution >= 4 is 11.4 Å². The minimum absolute atomic E-state index is 0.0790. The molecule has 0 unspecified atom stereocenters. The third-order valence-corrected chi connectivity index (χ3v) is 4.62. The van der Waals surface area contributed by atoms with E-state index in [1.807, 2.05) is 0 Å². The van der Waals surface area contributed by atoms with Crippen LogP contribution in [0.3, 0.4) is 0 Å². The van der Waals surface area contributed by atoms with Crippen molar-refractivity contribution in [1.29, 1.82) is 0 Å². The standard InChI is InChI=1S/C15H23N3O/c1-17-8-9-18(14-5-3-2-4-13(14)17)15(12-16)6-10-19-11-7-15/h2-5H,6-12,16H2,1H3. The number of nitrogens with two attached hydrogens (primary N) is 1. The average Bonchev–Trinajstić information content (AvgIpc) is 2.48. The molecule has 2 aliphatic heterocycles. The lowest BCUT2D eigenvalue weighted by Crippen LogP contribution is -2.60. The Morgan fingerprint density at radius 2 is 1.84 bits per heavy atom. The SMILES string of the molecule is CN1CCN(C2(CN)CCOCC2)c2ccccc21. The fraction of sp³-hybridized carbons (Fsp3) is 0.600. The highest BCUT2D eigenvalue weighted by atomic mass is 16.5. The molecule has 1 fully saturated rings. The molecular formula is C15H23N3O. The van der Waals surface area contributed by atoms with Gasteiger partial charge in [0.15, 0.2) is 0 Å². The lowest BCUT2D eigenvalue weighted by Gasteiger charge is -2.50. The van der Waals surface area contributed by atoms with Gasteiger partial charge in [-0.15, -0.1) is 0 Å². The molecule has 0 atom stereocenters. The molecule has 0 aromatic heterocycles. The number of likely N-dealkylation sites (N-methyl/N-ethyl adjacent to an activating group) is 1. The van der Waals surface area contributed by atoms with Gasteiger partial charge in [0.05, 0.1) is 16.9 Å². The van der Waals surface area contributed by atoms with E-state index >= 15 is 0 Å². The molecule has 1 aromatic rings. The summed E-state index contributed by atoms with van der Waals surface area (Å²) in [5.74, 6) is 0. The first-order valence-electron chi connectivity index (χ1n) is 7.12. The molecule has 4 heteroatoms. The lowest BCUT2D eigenvalue weighted by atomic mass is 9.86. The largest absolute Gasteiger partial charge is 0.381 e. The lowest BCUT2D eigenvalue weighted by molar-refractivity contribution is 0.0524. The molecular weight excluding hydrogens is 238 g/mol. The first kappa shape index (κ1) is 12.8. The van der Waals surface area contributed by atoms with Gasteiger partial charge in [-0.3, -0.25) is 0 Å². The summed E-state index contributed by atoms with van der Waals surface area (Å²) < 4.78 is 5.53. The fourth-order valence-corrected chi connectivity index (χ4v) is 3.33. The van der Waals surface area contributed by atoms with E-state index in [1.54, 1.807) is 0 Å². The van der Waals surface area contributed by atoms with Crippen LogP contribution in [0.1, 0.15) is 12.8 Å². The molecule has 2 heterocycles. The summed E-state index contributed by atoms with van der Waals surface area (Å²) in [6, 6.07) is 8.65. The fourth-order valence-electron chi connectivity index (χ4n) is 3.33. The van der Waals surface area contributed by atoms with Gasteiger partial charge in [-0.2, -0.15) is 0 Å². The second-order valence-electron chi connectivity index (χ2n) is 5.60. The Morgan fingerprint density at radius 1 is 1.16 bits per heavy atom. The molecule has 2 N–H and O–H groups in total. The van der Waals surface area contributed by atoms with Crippen LogP contribution in [0.15, 0.2) is 24.3 Å². The molecule has 2 aliphatic rings. The molecule has 0 radical (unpaired) electrons. The van der Waals surface area contributed by atoms with Gasteiger partial charge in [0.1, 0.15) is 0 Å². The van der Waals surface area contributed by atoms with E-state index in [9.17, 15) is 0 Å². The number of benzene rings is 1. The van der Waals surface area contributed by atoms with Crippen LogP contribution in [0, 0.1) is 0 Å². The predicted octanol–water partition coefficient (Wildman–Crippen LogP) is 1.45. The molecule has 4 nitrogen and oxygen atoms in total. The van der Waals surface area contributed by atoms with Crippen molar-refractivity contribution < 1.29 is 4.74 Å². The molecule has 0 amide bonds. The molecule has 104 valence electrons. The summed E-state index contributed by atoms with van der Waals surface area (Å²) in [6.45, 7) is 4.45. The number of ether oxygens (including phenoxy) is 1. The minimum atomic E-state index is 0.0790. The van der Waals surface area contributed by atoms with E-state index in [0.29, 0.717) is 6.54 Å². The molecule has 0 aliphatic carbocycles. The highest BCUT2D eigenvalue weighted by molar-refractivity contribution is 5.74. The Balaban J connectivity index is 1.99. The first-order valence-corrected chi connectivity index (χ1v) is 7.12. The number of nitrogens with zero attached hydrogens (tertiary/aromatic N) is 2. The monoisotopic (exact) mass is 261 g/mol. The number of rotatable bonds is 2. The van der Waals surface area contributed by atoms with Crippen molar-refractivity contribution in [2.24, 2.45) is 5.73 Å². The summed E-state index contributed by atoms with van der Waals surface area (Å²) in [5.41, 5.74) is 8.86. The molecule has 0 spiro atoms. The maximum atomic E-state index is 6.15. The van der Waals surface area contributed by atoms with Crippen molar-refractivity contribution in [3.63, 3.8) is 0 Å². The Hall–Kier alpha value is -1.26. The summed E-state index contributed by atoms with van der Waals surface area (Å²) in [4.78, 5) is 4.86. The quantitative estimate of drug-likeness (QED) is 0.875. The van der Waals surface area contributed by atoms with Crippen LogP contribution in [0.2, 0.25) is 0 Å². The van der Waals surface area contributed by atoms with E-state index in [0.717, 1.165) is 39.1 Å². The second kappa shape index (κ2) is 5.02. The summed E-state index contributed by atoms with van der Waals surface area (Å²) >= 11 is 0. The van der Waals surface area contributed by atoms with E-state index in [1.165, 1.54) is 11.4 Å². The van der Waals surface area contributed by atoms with Crippen molar-refractivity contribution in [3.05, 3.63) is 24.3 Å². The Kier molecular flexibility index (Phi) is 3.37. The summed E-state index contributed by atoms with van der Waals surface area (Å²) in [6.07, 6.45) is 2.06. The van der Waals surface area contributed by atoms with Crippen LogP contribution in [0.25, 0.3) is 0 Å². The minimum Gasteiger partial charge on any atom is -0.381 e. The maximum absolute atomic E-state index is 6.15. The third kappa shape index (κ3) is 2.09. The molecule has 0 bridgehead atoms. The van der Waals surface area contributed by atoms with E-state index in [-0.39, 0.29) is 5.54 Å². The number of fused-ring (bicyclic) bond motifs is 1. The number of anilines is 2. The topological polar surface area (TPSA) is 41.7 Å². The third-order valence-electron chi connectivity index (χ3n) is 4.62. The second-order valence-corrected chi connectivity index (χ2v) is 5.60. The normalized spacial score (nSPS) is 22.2. The zero-order valence-electron chi connectivity index (χ0n) is 11.6. The van der Waals surface area contributed by atoms with Gasteiger partial charge >= 0.3 is 0 Å². The van der Waals surface area contributed by atoms with E-state index in [4.69, 9.17) is 10.5 Å². The van der Waals surface area contributed by atoms with Crippen LogP contribution in [0.4, 0.5) is 11.4 Å². The van der Waals surface area contributed by atoms with Gasteiger partial charge in [0, 0.05) is 39.9 Å². The van der Waals surface area contributed by atoms with Gasteiger partial charge in [-0.25, -0.2) is 0 Å². The zero-order valence-corrected chi connectivity index (χ0v) is 11.6. The highest BCUT2D eigenvalue weighted by Crippen LogP contribution is 2.39. The maximum Gasteiger partial charge on any atom is 0.0609 e. The number of hydrogen-bond acceptors (Lipinski definition) is 4. The molecule has 1 saturated heterocycles. The van der Waals surface area contributed by atoms with E-state index < -0.39 is 0 Å². The molecule has 1 aromatic carbocycles. The van der Waals surface area contributed by atoms with Crippen LogP contribution >= 0.6 is 0 Å². The van der Waals surface area contributed by atoms with Crippen LogP contribution in [-0.4, -0.2) is 45.4 Å². The van der Waals surface area contributed by atoms with Gasteiger partial charge in [0.25, 0.3) is 0 Å². The average molecular weight is 261 g/mol. The van der Waals surface area contributed by atoms with Crippen molar-refractivity contribution in [3.8, 4) is 0 Å². The van der Waals surface area contributed by atoms with Gasteiger partial charge in [0.2, 0.25) is 0 Å². The number of para-hydroxylation sites is 2. The molecule has 19 heavy (non-hydrogen) atoms. The zero-order chi connectivity index (χ0) is 13.3. The van der Waals surface area contributed by atoms with Gasteiger partial charge < -0.3 is 20.3 Å². The Morgan fingerprint density at radius 3 is 2.53 bits per heavy atom. The summed E-state index contributed by atoms with van der Waals surface area (Å²) in [7, 11) is 2.16. The van der Waals surface area contributed by atoms with Crippen molar-refractivity contribution in [2.45, 2.75) is 18.4 Å². The number of hydrogen-bond donors (Lipinski definition) is 1. The van der Waals surface area contributed by atoms with Crippen LogP contribution in [-0.2, 0) is 4.74 Å². The highest BCUT2D eigenvalue weighted by Gasteiger charge is 2.39. The molecule has 3 rings (SSSR count). The first-order chi connectivity index (χ1) is 9.27. The Bertz CT molecular complexity index is 443. The van der Waals surface area contributed by atoms with Gasteiger partial charge in [-0.05, 0) is 25.0 Å². The van der Waals surface area contributed by atoms with Crippen molar-refractivity contribution in [1.82, 2.24) is 0 Å². The smallest absolute Gasteiger partial charge is 0.0609 e. The predicted molar refractivity (Wildman–Crippen MR) is 78.9 cm³/mol. The van der Waals surface area contributed by atoms with Crippen LogP contribution < -0.4 is 15.5 Å². The summed E-state index contributed by atoms with van der Waals surface area (Å²) in [5, 5.41) is 0. The van der Waals surface area contributed by atoms with E-state index in [2.05, 4.69) is 41.1 Å². The molecule has 0 saturated carbocycles. The van der Waals surface area contributed by atoms with Crippen molar-refractivity contribution in [2.75, 3.05) is 49.7 Å². The Labute approximate surface area is 115 Å².